The Kier molecular flexibility index (Phi) is 4.59. The molecule has 0 unspecified atom stereocenters. The summed E-state index contributed by atoms with van der Waals surface area (Å²) < 4.78 is 25.3. The highest BCUT2D eigenvalue weighted by molar-refractivity contribution is 7.99. The van der Waals surface area contributed by atoms with E-state index in [-0.39, 0.29) is 5.96 Å². The standard InChI is InChI=1S/C8H15F2N3OS/c9-8(10,6-14)5-12-7(11)13-1-3-15-4-2-13/h14H,1-6H2,(H2,11,12). The first-order valence-electron chi connectivity index (χ1n) is 4.66. The molecule has 1 saturated heterocycles. The SMILES string of the molecule is NC(=NCC(F)(F)CO)N1CCSCC1. The molecule has 1 aliphatic heterocycles. The van der Waals surface area contributed by atoms with Gasteiger partial charge in [0.2, 0.25) is 0 Å². The average molecular weight is 239 g/mol. The van der Waals surface area contributed by atoms with Crippen molar-refractivity contribution in [3.05, 3.63) is 0 Å². The van der Waals surface area contributed by atoms with Crippen LogP contribution in [0.1, 0.15) is 0 Å². The van der Waals surface area contributed by atoms with Crippen LogP contribution in [0, 0.1) is 0 Å². The third-order valence-electron chi connectivity index (χ3n) is 2.04. The fourth-order valence-corrected chi connectivity index (χ4v) is 2.04. The molecule has 7 heteroatoms. The summed E-state index contributed by atoms with van der Waals surface area (Å²) in [6, 6.07) is 0. The average Bonchev–Trinajstić information content (AvgIpc) is 2.27. The van der Waals surface area contributed by atoms with Crippen LogP contribution in [-0.2, 0) is 0 Å². The second kappa shape index (κ2) is 5.50. The summed E-state index contributed by atoms with van der Waals surface area (Å²) in [7, 11) is 0. The van der Waals surface area contributed by atoms with Crippen LogP contribution < -0.4 is 5.73 Å². The zero-order valence-electron chi connectivity index (χ0n) is 8.33. The lowest BCUT2D eigenvalue weighted by atomic mass is 10.4. The van der Waals surface area contributed by atoms with Crippen molar-refractivity contribution in [1.29, 1.82) is 0 Å². The fraction of sp³-hybridized carbons (Fsp3) is 0.875. The van der Waals surface area contributed by atoms with E-state index in [1.165, 1.54) is 0 Å². The molecule has 1 aliphatic rings. The van der Waals surface area contributed by atoms with Gasteiger partial charge in [0, 0.05) is 24.6 Å². The first kappa shape index (κ1) is 12.5. The van der Waals surface area contributed by atoms with Crippen molar-refractivity contribution in [1.82, 2.24) is 4.90 Å². The number of hydrogen-bond donors (Lipinski definition) is 2. The van der Waals surface area contributed by atoms with Crippen molar-refractivity contribution in [2.24, 2.45) is 10.7 Å². The maximum absolute atomic E-state index is 12.6. The smallest absolute Gasteiger partial charge is 0.289 e. The highest BCUT2D eigenvalue weighted by atomic mass is 32.2. The van der Waals surface area contributed by atoms with E-state index in [9.17, 15) is 8.78 Å². The van der Waals surface area contributed by atoms with E-state index in [1.807, 2.05) is 0 Å². The monoisotopic (exact) mass is 239 g/mol. The highest BCUT2D eigenvalue weighted by Crippen LogP contribution is 2.13. The quantitative estimate of drug-likeness (QED) is 0.536. The Hall–Kier alpha value is -0.560. The Morgan fingerprint density at radius 1 is 1.47 bits per heavy atom. The third-order valence-corrected chi connectivity index (χ3v) is 2.98. The molecule has 1 heterocycles. The van der Waals surface area contributed by atoms with Crippen LogP contribution in [0.4, 0.5) is 8.78 Å². The Morgan fingerprint density at radius 2 is 2.07 bits per heavy atom. The molecule has 0 bridgehead atoms. The number of aliphatic hydroxyl groups excluding tert-OH is 1. The number of nitrogens with zero attached hydrogens (tertiary/aromatic N) is 2. The largest absolute Gasteiger partial charge is 0.390 e. The zero-order chi connectivity index (χ0) is 11.3. The topological polar surface area (TPSA) is 61.9 Å². The molecule has 0 aromatic heterocycles. The van der Waals surface area contributed by atoms with Gasteiger partial charge in [-0.2, -0.15) is 11.8 Å². The van der Waals surface area contributed by atoms with Crippen LogP contribution >= 0.6 is 11.8 Å². The normalized spacial score (nSPS) is 19.4. The van der Waals surface area contributed by atoms with Gasteiger partial charge in [0.05, 0.1) is 0 Å². The third kappa shape index (κ3) is 4.21. The van der Waals surface area contributed by atoms with Crippen LogP contribution in [0.15, 0.2) is 4.99 Å². The zero-order valence-corrected chi connectivity index (χ0v) is 9.14. The van der Waals surface area contributed by atoms with Crippen molar-refractivity contribution >= 4 is 17.7 Å². The number of thioether (sulfide) groups is 1. The van der Waals surface area contributed by atoms with Gasteiger partial charge in [-0.25, -0.2) is 13.8 Å². The van der Waals surface area contributed by atoms with Crippen LogP contribution in [0.25, 0.3) is 0 Å². The van der Waals surface area contributed by atoms with Gasteiger partial charge in [-0.3, -0.25) is 0 Å². The first-order valence-corrected chi connectivity index (χ1v) is 5.82. The van der Waals surface area contributed by atoms with Gasteiger partial charge in [0.15, 0.2) is 5.96 Å². The van der Waals surface area contributed by atoms with E-state index < -0.39 is 19.1 Å². The van der Waals surface area contributed by atoms with Crippen molar-refractivity contribution in [3.63, 3.8) is 0 Å². The number of aliphatic hydroxyl groups is 1. The van der Waals surface area contributed by atoms with E-state index in [1.54, 1.807) is 16.7 Å². The molecular formula is C8H15F2N3OS. The van der Waals surface area contributed by atoms with Crippen molar-refractivity contribution in [2.75, 3.05) is 37.7 Å². The van der Waals surface area contributed by atoms with E-state index in [0.29, 0.717) is 0 Å². The molecule has 0 aromatic rings. The van der Waals surface area contributed by atoms with E-state index >= 15 is 0 Å². The molecule has 0 aliphatic carbocycles. The van der Waals surface area contributed by atoms with Gasteiger partial charge in [-0.05, 0) is 0 Å². The van der Waals surface area contributed by atoms with Crippen LogP contribution in [-0.4, -0.2) is 59.6 Å². The van der Waals surface area contributed by atoms with Crippen LogP contribution in [0.2, 0.25) is 0 Å². The maximum Gasteiger partial charge on any atom is 0.289 e. The Labute approximate surface area is 91.5 Å². The van der Waals surface area contributed by atoms with Gasteiger partial charge in [0.1, 0.15) is 13.2 Å². The van der Waals surface area contributed by atoms with Crippen molar-refractivity contribution < 1.29 is 13.9 Å². The van der Waals surface area contributed by atoms with Gasteiger partial charge in [-0.1, -0.05) is 0 Å². The molecule has 0 aromatic carbocycles. The molecule has 0 saturated carbocycles. The molecule has 0 radical (unpaired) electrons. The predicted octanol–water partition coefficient (Wildman–Crippen LogP) is -0.0225. The first-order chi connectivity index (χ1) is 7.05. The summed E-state index contributed by atoms with van der Waals surface area (Å²) in [6.07, 6.45) is 0. The van der Waals surface area contributed by atoms with Gasteiger partial charge >= 0.3 is 0 Å². The van der Waals surface area contributed by atoms with Crippen LogP contribution in [0.5, 0.6) is 0 Å². The summed E-state index contributed by atoms with van der Waals surface area (Å²) in [5.41, 5.74) is 5.56. The molecule has 0 spiro atoms. The number of alkyl halides is 2. The summed E-state index contributed by atoms with van der Waals surface area (Å²) in [6.45, 7) is -0.464. The lowest BCUT2D eigenvalue weighted by Gasteiger charge is -2.27. The molecule has 88 valence electrons. The predicted molar refractivity (Wildman–Crippen MR) is 57.4 cm³/mol. The summed E-state index contributed by atoms with van der Waals surface area (Å²) in [4.78, 5) is 5.37. The highest BCUT2D eigenvalue weighted by Gasteiger charge is 2.27. The Bertz CT molecular complexity index is 232. The Morgan fingerprint density at radius 3 is 2.60 bits per heavy atom. The van der Waals surface area contributed by atoms with E-state index in [4.69, 9.17) is 10.8 Å². The molecular weight excluding hydrogens is 224 g/mol. The minimum atomic E-state index is -3.17. The van der Waals surface area contributed by atoms with Crippen molar-refractivity contribution in [2.45, 2.75) is 5.92 Å². The number of guanidine groups is 1. The minimum absolute atomic E-state index is 0.142. The van der Waals surface area contributed by atoms with Crippen LogP contribution in [0.3, 0.4) is 0 Å². The summed E-state index contributed by atoms with van der Waals surface area (Å²) >= 11 is 1.80. The van der Waals surface area contributed by atoms with Gasteiger partial charge in [-0.15, -0.1) is 0 Å². The maximum atomic E-state index is 12.6. The van der Waals surface area contributed by atoms with E-state index in [2.05, 4.69) is 4.99 Å². The number of nitrogens with two attached hydrogens (primary N) is 1. The fourth-order valence-electron chi connectivity index (χ4n) is 1.14. The molecule has 3 N–H and O–H groups in total. The lowest BCUT2D eigenvalue weighted by Crippen LogP contribution is -2.43. The second-order valence-corrected chi connectivity index (χ2v) is 4.51. The van der Waals surface area contributed by atoms with Crippen molar-refractivity contribution in [3.8, 4) is 0 Å². The number of rotatable bonds is 3. The Balaban J connectivity index is 2.44. The number of aliphatic imine (C=N–C) groups is 1. The number of hydrogen-bond acceptors (Lipinski definition) is 3. The molecule has 0 atom stereocenters. The second-order valence-electron chi connectivity index (χ2n) is 3.29. The summed E-state index contributed by atoms with van der Waals surface area (Å²) in [5, 5.41) is 8.34. The van der Waals surface area contributed by atoms with Gasteiger partial charge in [0.25, 0.3) is 5.92 Å². The molecule has 1 rings (SSSR count). The lowest BCUT2D eigenvalue weighted by molar-refractivity contribution is -0.0405. The minimum Gasteiger partial charge on any atom is -0.390 e. The van der Waals surface area contributed by atoms with E-state index in [0.717, 1.165) is 24.6 Å². The molecule has 15 heavy (non-hydrogen) atoms. The summed E-state index contributed by atoms with van der Waals surface area (Å²) in [5.74, 6) is -1.16. The van der Waals surface area contributed by atoms with Gasteiger partial charge < -0.3 is 15.7 Å². The molecule has 0 amide bonds. The molecule has 4 nitrogen and oxygen atoms in total. The molecule has 1 fully saturated rings. The number of halogens is 2.